The fourth-order valence-electron chi connectivity index (χ4n) is 2.28. The Hall–Kier alpha value is -2.02. The Balaban J connectivity index is 1.91. The van der Waals surface area contributed by atoms with Gasteiger partial charge in [-0.05, 0) is 17.7 Å². The van der Waals surface area contributed by atoms with Crippen LogP contribution in [0.5, 0.6) is 0 Å². The monoisotopic (exact) mass is 322 g/mol. The van der Waals surface area contributed by atoms with Crippen LogP contribution in [0.2, 0.25) is 0 Å². The highest BCUT2D eigenvalue weighted by molar-refractivity contribution is 7.99. The number of likely N-dealkylation sites (tertiary alicyclic amines) is 1. The van der Waals surface area contributed by atoms with Crippen LogP contribution in [0.3, 0.4) is 0 Å². The third-order valence-electron chi connectivity index (χ3n) is 3.40. The largest absolute Gasteiger partial charge is 0.481 e. The summed E-state index contributed by atoms with van der Waals surface area (Å²) < 4.78 is 0. The number of carbonyl (C=O) groups is 3. The molecule has 1 atom stereocenters. The molecule has 0 aromatic heterocycles. The van der Waals surface area contributed by atoms with Gasteiger partial charge in [-0.3, -0.25) is 14.4 Å². The number of hydrogen-bond donors (Lipinski definition) is 2. The van der Waals surface area contributed by atoms with Crippen LogP contribution in [0.15, 0.2) is 24.3 Å². The quantitative estimate of drug-likeness (QED) is 0.827. The van der Waals surface area contributed by atoms with Crippen LogP contribution in [0.1, 0.15) is 12.0 Å². The number of carboxylic acids is 1. The van der Waals surface area contributed by atoms with Crippen molar-refractivity contribution in [2.45, 2.75) is 12.2 Å². The highest BCUT2D eigenvalue weighted by Crippen LogP contribution is 2.20. The second-order valence-electron chi connectivity index (χ2n) is 5.25. The van der Waals surface area contributed by atoms with Crippen molar-refractivity contribution < 1.29 is 19.5 Å². The van der Waals surface area contributed by atoms with Gasteiger partial charge in [0, 0.05) is 31.5 Å². The van der Waals surface area contributed by atoms with Gasteiger partial charge in [-0.25, -0.2) is 0 Å². The minimum Gasteiger partial charge on any atom is -0.481 e. The van der Waals surface area contributed by atoms with Crippen molar-refractivity contribution in [3.63, 3.8) is 0 Å². The summed E-state index contributed by atoms with van der Waals surface area (Å²) in [6.45, 7) is 0.443. The summed E-state index contributed by atoms with van der Waals surface area (Å²) in [6.07, 6.45) is 0.247. The van der Waals surface area contributed by atoms with Crippen LogP contribution in [-0.4, -0.2) is 47.1 Å². The maximum Gasteiger partial charge on any atom is 0.313 e. The maximum absolute atomic E-state index is 12.1. The Morgan fingerprint density at radius 3 is 2.86 bits per heavy atom. The molecule has 1 fully saturated rings. The molecule has 22 heavy (non-hydrogen) atoms. The number of carbonyl (C=O) groups excluding carboxylic acids is 2. The zero-order chi connectivity index (χ0) is 16.1. The smallest absolute Gasteiger partial charge is 0.313 e. The zero-order valence-electron chi connectivity index (χ0n) is 12.2. The van der Waals surface area contributed by atoms with Gasteiger partial charge in [0.1, 0.15) is 0 Å². The first-order valence-electron chi connectivity index (χ1n) is 6.89. The number of aliphatic carboxylic acids is 1. The molecule has 118 valence electrons. The Bertz CT molecular complexity index is 591. The maximum atomic E-state index is 12.1. The van der Waals surface area contributed by atoms with E-state index in [0.717, 1.165) is 5.56 Å². The Kier molecular flexibility index (Phi) is 5.43. The number of anilines is 1. The van der Waals surface area contributed by atoms with Crippen molar-refractivity contribution in [2.24, 2.45) is 5.92 Å². The summed E-state index contributed by atoms with van der Waals surface area (Å²) in [5.41, 5.74) is 1.61. The molecule has 1 unspecified atom stereocenters. The standard InChI is InChI=1S/C15H18N2O4S/c1-17-7-11(6-13(17)18)15(21)16-12-4-2-3-10(5-12)8-22-9-14(19)20/h2-5,11H,6-9H2,1H3,(H,16,21)(H,19,20). The Labute approximate surface area is 132 Å². The molecular formula is C15H18N2O4S. The summed E-state index contributed by atoms with van der Waals surface area (Å²) in [5.74, 6) is -0.715. The van der Waals surface area contributed by atoms with Crippen LogP contribution in [0, 0.1) is 5.92 Å². The highest BCUT2D eigenvalue weighted by atomic mass is 32.2. The molecule has 1 heterocycles. The number of rotatable bonds is 6. The lowest BCUT2D eigenvalue weighted by Gasteiger charge is -2.12. The van der Waals surface area contributed by atoms with Gasteiger partial charge in [-0.1, -0.05) is 12.1 Å². The predicted octanol–water partition coefficient (Wildman–Crippen LogP) is 1.42. The van der Waals surface area contributed by atoms with Crippen molar-refractivity contribution in [3.05, 3.63) is 29.8 Å². The Morgan fingerprint density at radius 1 is 1.45 bits per heavy atom. The molecule has 1 aliphatic rings. The minimum absolute atomic E-state index is 0.0148. The van der Waals surface area contributed by atoms with Crippen LogP contribution < -0.4 is 5.32 Å². The van der Waals surface area contributed by atoms with Gasteiger partial charge in [0.05, 0.1) is 11.7 Å². The third kappa shape index (κ3) is 4.49. The van der Waals surface area contributed by atoms with Crippen LogP contribution >= 0.6 is 11.8 Å². The van der Waals surface area contributed by atoms with Crippen LogP contribution in [-0.2, 0) is 20.1 Å². The van der Waals surface area contributed by atoms with Gasteiger partial charge in [0.15, 0.2) is 0 Å². The second-order valence-corrected chi connectivity index (χ2v) is 6.24. The first-order chi connectivity index (χ1) is 10.5. The molecule has 1 aliphatic heterocycles. The van der Waals surface area contributed by atoms with E-state index in [4.69, 9.17) is 5.11 Å². The van der Waals surface area contributed by atoms with Crippen molar-refractivity contribution >= 4 is 35.2 Å². The summed E-state index contributed by atoms with van der Waals surface area (Å²) in [7, 11) is 1.69. The summed E-state index contributed by atoms with van der Waals surface area (Å²) in [6, 6.07) is 7.31. The molecule has 1 saturated heterocycles. The van der Waals surface area contributed by atoms with E-state index in [9.17, 15) is 14.4 Å². The zero-order valence-corrected chi connectivity index (χ0v) is 13.1. The summed E-state index contributed by atoms with van der Waals surface area (Å²) in [5, 5.41) is 11.4. The van der Waals surface area contributed by atoms with E-state index in [-0.39, 0.29) is 29.9 Å². The summed E-state index contributed by atoms with van der Waals surface area (Å²) in [4.78, 5) is 35.7. The predicted molar refractivity (Wildman–Crippen MR) is 84.6 cm³/mol. The average molecular weight is 322 g/mol. The number of hydrogen-bond acceptors (Lipinski definition) is 4. The molecule has 0 spiro atoms. The molecule has 7 heteroatoms. The molecule has 2 rings (SSSR count). The molecule has 0 aliphatic carbocycles. The van der Waals surface area contributed by atoms with Gasteiger partial charge >= 0.3 is 5.97 Å². The number of nitrogens with one attached hydrogen (secondary N) is 1. The van der Waals surface area contributed by atoms with E-state index in [0.29, 0.717) is 18.0 Å². The number of amides is 2. The topological polar surface area (TPSA) is 86.7 Å². The average Bonchev–Trinajstić information content (AvgIpc) is 2.79. The first kappa shape index (κ1) is 16.4. The third-order valence-corrected chi connectivity index (χ3v) is 4.39. The number of carboxylic acid groups (broad SMARTS) is 1. The van der Waals surface area contributed by atoms with Gasteiger partial charge in [0.2, 0.25) is 11.8 Å². The lowest BCUT2D eigenvalue weighted by Crippen LogP contribution is -2.25. The molecule has 1 aromatic rings. The van der Waals surface area contributed by atoms with Crippen molar-refractivity contribution in [2.75, 3.05) is 24.7 Å². The molecule has 2 N–H and O–H groups in total. The highest BCUT2D eigenvalue weighted by Gasteiger charge is 2.32. The Morgan fingerprint density at radius 2 is 2.23 bits per heavy atom. The second kappa shape index (κ2) is 7.31. The molecule has 2 amide bonds. The van der Waals surface area contributed by atoms with E-state index in [1.165, 1.54) is 11.8 Å². The van der Waals surface area contributed by atoms with E-state index in [2.05, 4.69) is 5.32 Å². The molecule has 6 nitrogen and oxygen atoms in total. The normalized spacial score (nSPS) is 17.6. The van der Waals surface area contributed by atoms with E-state index < -0.39 is 5.97 Å². The van der Waals surface area contributed by atoms with Crippen molar-refractivity contribution in [1.29, 1.82) is 0 Å². The van der Waals surface area contributed by atoms with Crippen LogP contribution in [0.25, 0.3) is 0 Å². The van der Waals surface area contributed by atoms with Gasteiger partial charge in [-0.2, -0.15) is 0 Å². The van der Waals surface area contributed by atoms with Gasteiger partial charge in [-0.15, -0.1) is 11.8 Å². The fourth-order valence-corrected chi connectivity index (χ4v) is 2.97. The molecule has 0 saturated carbocycles. The number of benzene rings is 1. The minimum atomic E-state index is -0.843. The van der Waals surface area contributed by atoms with Crippen molar-refractivity contribution in [3.8, 4) is 0 Å². The lowest BCUT2D eigenvalue weighted by atomic mass is 10.1. The fraction of sp³-hybridized carbons (Fsp3) is 0.400. The molecular weight excluding hydrogens is 304 g/mol. The van der Waals surface area contributed by atoms with Crippen molar-refractivity contribution in [1.82, 2.24) is 4.90 Å². The molecule has 0 radical (unpaired) electrons. The molecule has 0 bridgehead atoms. The van der Waals surface area contributed by atoms with E-state index >= 15 is 0 Å². The number of thioether (sulfide) groups is 1. The van der Waals surface area contributed by atoms with E-state index in [1.807, 2.05) is 18.2 Å². The SMILES string of the molecule is CN1CC(C(=O)Nc2cccc(CSCC(=O)O)c2)CC1=O. The van der Waals surface area contributed by atoms with E-state index in [1.54, 1.807) is 18.0 Å². The number of nitrogens with zero attached hydrogens (tertiary/aromatic N) is 1. The van der Waals surface area contributed by atoms with Gasteiger partial charge < -0.3 is 15.3 Å². The molecule has 1 aromatic carbocycles. The summed E-state index contributed by atoms with van der Waals surface area (Å²) >= 11 is 1.30. The van der Waals surface area contributed by atoms with Crippen LogP contribution in [0.4, 0.5) is 5.69 Å². The lowest BCUT2D eigenvalue weighted by molar-refractivity contribution is -0.134. The first-order valence-corrected chi connectivity index (χ1v) is 8.04. The van der Waals surface area contributed by atoms with Gasteiger partial charge in [0.25, 0.3) is 0 Å².